The monoisotopic (exact) mass is 249 g/mol. The van der Waals surface area contributed by atoms with Crippen LogP contribution in [0.4, 0.5) is 0 Å². The zero-order chi connectivity index (χ0) is 12.1. The topological polar surface area (TPSA) is 42.2 Å². The molecule has 17 heavy (non-hydrogen) atoms. The van der Waals surface area contributed by atoms with Crippen molar-refractivity contribution in [3.8, 4) is 0 Å². The van der Waals surface area contributed by atoms with Crippen LogP contribution in [-0.2, 0) is 17.8 Å². The summed E-state index contributed by atoms with van der Waals surface area (Å²) in [4.78, 5) is 11.6. The third-order valence-electron chi connectivity index (χ3n) is 2.29. The first kappa shape index (κ1) is 11.7. The number of nitrogens with one attached hydrogen (secondary N) is 1. The normalized spacial score (nSPS) is 10.2. The summed E-state index contributed by atoms with van der Waals surface area (Å²) in [5.41, 5.74) is 0.898. The number of hydrogen-bond donors (Lipinski definition) is 1. The van der Waals surface area contributed by atoms with Gasteiger partial charge in [-0.25, -0.2) is 0 Å². The molecule has 1 amide bonds. The number of amides is 1. The molecular weight excluding hydrogens is 238 g/mol. The number of benzene rings is 1. The standard InChI is InChI=1S/C13H12ClNO2/c14-11-4-1-3-10(7-11)8-13(16)15-9-12-5-2-6-17-12/h1-7H,8-9H2,(H,15,16). The highest BCUT2D eigenvalue weighted by Gasteiger charge is 2.04. The first-order chi connectivity index (χ1) is 8.24. The van der Waals surface area contributed by atoms with Crippen molar-refractivity contribution in [1.82, 2.24) is 5.32 Å². The van der Waals surface area contributed by atoms with Crippen molar-refractivity contribution in [2.45, 2.75) is 13.0 Å². The molecule has 0 radical (unpaired) electrons. The largest absolute Gasteiger partial charge is 0.467 e. The molecule has 4 heteroatoms. The first-order valence-electron chi connectivity index (χ1n) is 5.27. The van der Waals surface area contributed by atoms with Crippen LogP contribution in [0.1, 0.15) is 11.3 Å². The van der Waals surface area contributed by atoms with Crippen LogP contribution in [0.25, 0.3) is 0 Å². The molecule has 3 nitrogen and oxygen atoms in total. The van der Waals surface area contributed by atoms with E-state index in [-0.39, 0.29) is 5.91 Å². The van der Waals surface area contributed by atoms with Crippen LogP contribution in [0, 0.1) is 0 Å². The van der Waals surface area contributed by atoms with Crippen molar-refractivity contribution in [3.05, 3.63) is 59.0 Å². The van der Waals surface area contributed by atoms with Gasteiger partial charge in [0.25, 0.3) is 0 Å². The molecule has 0 aliphatic carbocycles. The highest BCUT2D eigenvalue weighted by atomic mass is 35.5. The molecule has 0 atom stereocenters. The van der Waals surface area contributed by atoms with Crippen LogP contribution in [-0.4, -0.2) is 5.91 Å². The maximum atomic E-state index is 11.6. The van der Waals surface area contributed by atoms with Gasteiger partial charge in [0.1, 0.15) is 5.76 Å². The molecular formula is C13H12ClNO2. The van der Waals surface area contributed by atoms with Crippen molar-refractivity contribution < 1.29 is 9.21 Å². The zero-order valence-corrected chi connectivity index (χ0v) is 9.91. The minimum Gasteiger partial charge on any atom is -0.467 e. The van der Waals surface area contributed by atoms with Gasteiger partial charge in [-0.15, -0.1) is 0 Å². The molecule has 1 heterocycles. The van der Waals surface area contributed by atoms with Gasteiger partial charge in [-0.1, -0.05) is 23.7 Å². The summed E-state index contributed by atoms with van der Waals surface area (Å²) in [6.07, 6.45) is 1.90. The molecule has 0 spiro atoms. The Hall–Kier alpha value is -1.74. The lowest BCUT2D eigenvalue weighted by atomic mass is 10.1. The van der Waals surface area contributed by atoms with E-state index in [0.29, 0.717) is 18.0 Å². The Bertz CT molecular complexity index is 494. The SMILES string of the molecule is O=C(Cc1cccc(Cl)c1)NCc1ccco1. The fourth-order valence-corrected chi connectivity index (χ4v) is 1.71. The minimum atomic E-state index is -0.0522. The molecule has 2 aromatic rings. The molecule has 0 saturated carbocycles. The van der Waals surface area contributed by atoms with Gasteiger partial charge < -0.3 is 9.73 Å². The molecule has 0 bridgehead atoms. The van der Waals surface area contributed by atoms with E-state index in [1.807, 2.05) is 18.2 Å². The van der Waals surface area contributed by atoms with E-state index >= 15 is 0 Å². The Labute approximate surface area is 104 Å². The Morgan fingerprint density at radius 1 is 1.29 bits per heavy atom. The summed E-state index contributed by atoms with van der Waals surface area (Å²) < 4.78 is 5.12. The fourth-order valence-electron chi connectivity index (χ4n) is 1.49. The van der Waals surface area contributed by atoms with Gasteiger partial charge >= 0.3 is 0 Å². The van der Waals surface area contributed by atoms with E-state index in [2.05, 4.69) is 5.32 Å². The van der Waals surface area contributed by atoms with Gasteiger partial charge in [-0.05, 0) is 29.8 Å². The van der Waals surface area contributed by atoms with Gasteiger partial charge in [0.2, 0.25) is 5.91 Å². The summed E-state index contributed by atoms with van der Waals surface area (Å²) >= 11 is 5.84. The van der Waals surface area contributed by atoms with E-state index in [1.54, 1.807) is 24.5 Å². The second-order valence-corrected chi connectivity index (χ2v) is 4.10. The Morgan fingerprint density at radius 2 is 2.18 bits per heavy atom. The molecule has 0 saturated heterocycles. The zero-order valence-electron chi connectivity index (χ0n) is 9.15. The highest BCUT2D eigenvalue weighted by molar-refractivity contribution is 6.30. The quantitative estimate of drug-likeness (QED) is 0.905. The molecule has 1 aromatic carbocycles. The third-order valence-corrected chi connectivity index (χ3v) is 2.53. The second kappa shape index (κ2) is 5.55. The molecule has 0 aliphatic rings. The number of carbonyl (C=O) groups excluding carboxylic acids is 1. The smallest absolute Gasteiger partial charge is 0.224 e. The van der Waals surface area contributed by atoms with Gasteiger partial charge in [0.05, 0.1) is 19.2 Å². The van der Waals surface area contributed by atoms with E-state index in [1.165, 1.54) is 0 Å². The van der Waals surface area contributed by atoms with Crippen LogP contribution < -0.4 is 5.32 Å². The first-order valence-corrected chi connectivity index (χ1v) is 5.65. The van der Waals surface area contributed by atoms with Crippen LogP contribution in [0.5, 0.6) is 0 Å². The van der Waals surface area contributed by atoms with Crippen LogP contribution >= 0.6 is 11.6 Å². The number of carbonyl (C=O) groups is 1. The number of halogens is 1. The van der Waals surface area contributed by atoms with E-state index in [0.717, 1.165) is 11.3 Å². The summed E-state index contributed by atoms with van der Waals surface area (Å²) in [5.74, 6) is 0.688. The van der Waals surface area contributed by atoms with Gasteiger partial charge in [-0.2, -0.15) is 0 Å². The van der Waals surface area contributed by atoms with E-state index in [9.17, 15) is 4.79 Å². The lowest BCUT2D eigenvalue weighted by Crippen LogP contribution is -2.24. The maximum absolute atomic E-state index is 11.6. The van der Waals surface area contributed by atoms with Crippen LogP contribution in [0.15, 0.2) is 47.1 Å². The number of hydrogen-bond acceptors (Lipinski definition) is 2. The van der Waals surface area contributed by atoms with Crippen molar-refractivity contribution in [2.24, 2.45) is 0 Å². The molecule has 0 aliphatic heterocycles. The highest BCUT2D eigenvalue weighted by Crippen LogP contribution is 2.11. The minimum absolute atomic E-state index is 0.0522. The molecule has 0 fully saturated rings. The molecule has 1 N–H and O–H groups in total. The van der Waals surface area contributed by atoms with Gasteiger partial charge in [0, 0.05) is 5.02 Å². The van der Waals surface area contributed by atoms with Crippen molar-refractivity contribution in [1.29, 1.82) is 0 Å². The van der Waals surface area contributed by atoms with E-state index in [4.69, 9.17) is 16.0 Å². The summed E-state index contributed by atoms with van der Waals surface area (Å²) in [5, 5.41) is 3.42. The Morgan fingerprint density at radius 3 is 2.88 bits per heavy atom. The fraction of sp³-hybridized carbons (Fsp3) is 0.154. The van der Waals surface area contributed by atoms with E-state index < -0.39 is 0 Å². The Kier molecular flexibility index (Phi) is 3.83. The lowest BCUT2D eigenvalue weighted by Gasteiger charge is -2.03. The maximum Gasteiger partial charge on any atom is 0.224 e. The van der Waals surface area contributed by atoms with Crippen molar-refractivity contribution >= 4 is 17.5 Å². The molecule has 2 rings (SSSR count). The van der Waals surface area contributed by atoms with Crippen LogP contribution in [0.3, 0.4) is 0 Å². The Balaban J connectivity index is 1.85. The second-order valence-electron chi connectivity index (χ2n) is 3.66. The van der Waals surface area contributed by atoms with Crippen molar-refractivity contribution in [3.63, 3.8) is 0 Å². The summed E-state index contributed by atoms with van der Waals surface area (Å²) in [6, 6.07) is 10.9. The summed E-state index contributed by atoms with van der Waals surface area (Å²) in [7, 11) is 0. The molecule has 0 unspecified atom stereocenters. The molecule has 88 valence electrons. The predicted octanol–water partition coefficient (Wildman–Crippen LogP) is 2.79. The number of furan rings is 1. The third kappa shape index (κ3) is 3.64. The van der Waals surface area contributed by atoms with Crippen LogP contribution in [0.2, 0.25) is 5.02 Å². The molecule has 1 aromatic heterocycles. The average Bonchev–Trinajstić information content (AvgIpc) is 2.79. The summed E-state index contributed by atoms with van der Waals surface area (Å²) in [6.45, 7) is 0.409. The number of rotatable bonds is 4. The van der Waals surface area contributed by atoms with Crippen molar-refractivity contribution in [2.75, 3.05) is 0 Å². The van der Waals surface area contributed by atoms with Gasteiger partial charge in [0.15, 0.2) is 0 Å². The average molecular weight is 250 g/mol. The lowest BCUT2D eigenvalue weighted by molar-refractivity contribution is -0.120. The predicted molar refractivity (Wildman–Crippen MR) is 65.7 cm³/mol. The van der Waals surface area contributed by atoms with Gasteiger partial charge in [-0.3, -0.25) is 4.79 Å².